The topological polar surface area (TPSA) is 38.8 Å². The van der Waals surface area contributed by atoms with Crippen LogP contribution in [0.15, 0.2) is 48.5 Å². The van der Waals surface area contributed by atoms with Crippen LogP contribution in [0.1, 0.15) is 23.2 Å². The van der Waals surface area contributed by atoms with Crippen molar-refractivity contribution in [3.05, 3.63) is 54.1 Å². The summed E-state index contributed by atoms with van der Waals surface area (Å²) >= 11 is 0. The monoisotopic (exact) mass is 364 g/mol. The number of carbonyl (C=O) groups excluding carboxylic acids is 1. The number of anilines is 3. The van der Waals surface area contributed by atoms with Crippen LogP contribution in [0.3, 0.4) is 0 Å². The quantitative estimate of drug-likeness (QED) is 0.904. The molecule has 0 atom stereocenters. The standard InChI is InChI=1S/C22H28N4O/c1-24-14-16-26(17-15-24)21-10-6-19(7-11-21)23-22(27)18-4-8-20(9-5-18)25-12-2-3-13-25/h4-11H,2-3,12-17H2,1H3,(H,23,27). The van der Waals surface area contributed by atoms with E-state index >= 15 is 0 Å². The van der Waals surface area contributed by atoms with Gasteiger partial charge in [-0.1, -0.05) is 0 Å². The van der Waals surface area contributed by atoms with Crippen LogP contribution >= 0.6 is 0 Å². The molecule has 2 aromatic carbocycles. The van der Waals surface area contributed by atoms with E-state index < -0.39 is 0 Å². The van der Waals surface area contributed by atoms with Gasteiger partial charge in [0.05, 0.1) is 0 Å². The zero-order chi connectivity index (χ0) is 18.6. The molecule has 0 bridgehead atoms. The van der Waals surface area contributed by atoms with Crippen molar-refractivity contribution in [2.75, 3.05) is 61.4 Å². The van der Waals surface area contributed by atoms with Crippen molar-refractivity contribution in [1.82, 2.24) is 4.90 Å². The molecule has 0 unspecified atom stereocenters. The minimum Gasteiger partial charge on any atom is -0.372 e. The maximum atomic E-state index is 12.5. The number of hydrogen-bond acceptors (Lipinski definition) is 4. The zero-order valence-electron chi connectivity index (χ0n) is 16.0. The minimum absolute atomic E-state index is 0.0599. The fourth-order valence-electron chi connectivity index (χ4n) is 3.82. The van der Waals surface area contributed by atoms with Gasteiger partial charge in [0.15, 0.2) is 0 Å². The first-order valence-corrected chi connectivity index (χ1v) is 9.89. The van der Waals surface area contributed by atoms with Gasteiger partial charge < -0.3 is 20.0 Å². The van der Waals surface area contributed by atoms with Gasteiger partial charge in [-0.15, -0.1) is 0 Å². The Labute approximate surface area is 161 Å². The van der Waals surface area contributed by atoms with E-state index in [-0.39, 0.29) is 5.91 Å². The van der Waals surface area contributed by atoms with Crippen molar-refractivity contribution >= 4 is 23.0 Å². The van der Waals surface area contributed by atoms with E-state index in [1.54, 1.807) is 0 Å². The van der Waals surface area contributed by atoms with Gasteiger partial charge in [-0.2, -0.15) is 0 Å². The number of nitrogens with one attached hydrogen (secondary N) is 1. The number of amides is 1. The minimum atomic E-state index is -0.0599. The SMILES string of the molecule is CN1CCN(c2ccc(NC(=O)c3ccc(N4CCCC4)cc3)cc2)CC1. The predicted molar refractivity (Wildman–Crippen MR) is 112 cm³/mol. The number of likely N-dealkylation sites (N-methyl/N-ethyl adjacent to an activating group) is 1. The summed E-state index contributed by atoms with van der Waals surface area (Å²) in [6, 6.07) is 16.1. The number of benzene rings is 2. The van der Waals surface area contributed by atoms with E-state index in [0.717, 1.165) is 45.0 Å². The molecule has 27 heavy (non-hydrogen) atoms. The number of piperazine rings is 1. The van der Waals surface area contributed by atoms with Crippen LogP contribution in [0.4, 0.5) is 17.1 Å². The molecule has 5 heteroatoms. The van der Waals surface area contributed by atoms with Crippen LogP contribution in [0.25, 0.3) is 0 Å². The Balaban J connectivity index is 1.36. The predicted octanol–water partition coefficient (Wildman–Crippen LogP) is 3.29. The van der Waals surface area contributed by atoms with E-state index in [9.17, 15) is 4.79 Å². The van der Waals surface area contributed by atoms with Crippen molar-refractivity contribution in [1.29, 1.82) is 0 Å². The first-order chi connectivity index (χ1) is 13.2. The molecule has 1 amide bonds. The molecule has 142 valence electrons. The van der Waals surface area contributed by atoms with Crippen molar-refractivity contribution < 1.29 is 4.79 Å². The lowest BCUT2D eigenvalue weighted by Gasteiger charge is -2.34. The van der Waals surface area contributed by atoms with E-state index in [1.807, 2.05) is 24.3 Å². The Morgan fingerprint density at radius 2 is 1.26 bits per heavy atom. The van der Waals surface area contributed by atoms with Gasteiger partial charge in [-0.05, 0) is 68.4 Å². The smallest absolute Gasteiger partial charge is 0.255 e. The Kier molecular flexibility index (Phi) is 5.30. The van der Waals surface area contributed by atoms with Gasteiger partial charge in [-0.25, -0.2) is 0 Å². The molecule has 0 radical (unpaired) electrons. The van der Waals surface area contributed by atoms with Crippen LogP contribution in [-0.4, -0.2) is 57.1 Å². The first kappa shape index (κ1) is 17.9. The summed E-state index contributed by atoms with van der Waals surface area (Å²) in [5.41, 5.74) is 3.96. The van der Waals surface area contributed by atoms with E-state index in [2.05, 4.69) is 51.3 Å². The Hall–Kier alpha value is -2.53. The molecule has 0 spiro atoms. The highest BCUT2D eigenvalue weighted by Gasteiger charge is 2.15. The summed E-state index contributed by atoms with van der Waals surface area (Å²) < 4.78 is 0. The maximum absolute atomic E-state index is 12.5. The molecule has 0 aliphatic carbocycles. The normalized spacial score (nSPS) is 18.0. The molecule has 1 N–H and O–H groups in total. The molecule has 2 saturated heterocycles. The van der Waals surface area contributed by atoms with Gasteiger partial charge in [-0.3, -0.25) is 4.79 Å². The molecule has 4 rings (SSSR count). The Bertz CT molecular complexity index is 758. The lowest BCUT2D eigenvalue weighted by molar-refractivity contribution is 0.102. The fourth-order valence-corrected chi connectivity index (χ4v) is 3.82. The van der Waals surface area contributed by atoms with Crippen molar-refractivity contribution in [2.24, 2.45) is 0 Å². The van der Waals surface area contributed by atoms with Crippen LogP contribution in [0.2, 0.25) is 0 Å². The second-order valence-corrected chi connectivity index (χ2v) is 7.53. The lowest BCUT2D eigenvalue weighted by atomic mass is 10.1. The molecule has 2 aliphatic heterocycles. The second-order valence-electron chi connectivity index (χ2n) is 7.53. The lowest BCUT2D eigenvalue weighted by Crippen LogP contribution is -2.44. The van der Waals surface area contributed by atoms with Crippen molar-refractivity contribution in [2.45, 2.75) is 12.8 Å². The first-order valence-electron chi connectivity index (χ1n) is 9.89. The highest BCUT2D eigenvalue weighted by Crippen LogP contribution is 2.22. The largest absolute Gasteiger partial charge is 0.372 e. The van der Waals surface area contributed by atoms with Crippen LogP contribution in [0.5, 0.6) is 0 Å². The third kappa shape index (κ3) is 4.25. The van der Waals surface area contributed by atoms with Gasteiger partial charge in [0, 0.05) is 61.9 Å². The third-order valence-electron chi connectivity index (χ3n) is 5.59. The average molecular weight is 364 g/mol. The van der Waals surface area contributed by atoms with Crippen molar-refractivity contribution in [3.8, 4) is 0 Å². The summed E-state index contributed by atoms with van der Waals surface area (Å²) in [6.07, 6.45) is 2.51. The zero-order valence-corrected chi connectivity index (χ0v) is 16.0. The number of nitrogens with zero attached hydrogens (tertiary/aromatic N) is 3. The number of hydrogen-bond donors (Lipinski definition) is 1. The molecule has 0 saturated carbocycles. The molecule has 5 nitrogen and oxygen atoms in total. The molecule has 2 aromatic rings. The molecule has 2 heterocycles. The Morgan fingerprint density at radius 3 is 1.85 bits per heavy atom. The summed E-state index contributed by atoms with van der Waals surface area (Å²) in [6.45, 7) is 6.51. The average Bonchev–Trinajstić information content (AvgIpc) is 3.24. The summed E-state index contributed by atoms with van der Waals surface area (Å²) in [7, 11) is 2.16. The van der Waals surface area contributed by atoms with E-state index in [0.29, 0.717) is 5.56 Å². The summed E-state index contributed by atoms with van der Waals surface area (Å²) in [5, 5.41) is 3.01. The third-order valence-corrected chi connectivity index (χ3v) is 5.59. The summed E-state index contributed by atoms with van der Waals surface area (Å²) in [4.78, 5) is 19.6. The summed E-state index contributed by atoms with van der Waals surface area (Å²) in [5.74, 6) is -0.0599. The molecular formula is C22H28N4O. The molecule has 0 aromatic heterocycles. The molecule has 2 aliphatic rings. The van der Waals surface area contributed by atoms with Crippen LogP contribution < -0.4 is 15.1 Å². The fraction of sp³-hybridized carbons (Fsp3) is 0.409. The number of carbonyl (C=O) groups is 1. The van der Waals surface area contributed by atoms with E-state index in [4.69, 9.17) is 0 Å². The van der Waals surface area contributed by atoms with E-state index in [1.165, 1.54) is 24.2 Å². The van der Waals surface area contributed by atoms with Crippen LogP contribution in [0, 0.1) is 0 Å². The van der Waals surface area contributed by atoms with Gasteiger partial charge in [0.2, 0.25) is 0 Å². The molecular weight excluding hydrogens is 336 g/mol. The highest BCUT2D eigenvalue weighted by molar-refractivity contribution is 6.04. The number of rotatable bonds is 4. The van der Waals surface area contributed by atoms with Gasteiger partial charge in [0.1, 0.15) is 0 Å². The van der Waals surface area contributed by atoms with Crippen molar-refractivity contribution in [3.63, 3.8) is 0 Å². The Morgan fingerprint density at radius 1 is 0.741 bits per heavy atom. The highest BCUT2D eigenvalue weighted by atomic mass is 16.1. The second kappa shape index (κ2) is 8.01. The molecule has 2 fully saturated rings. The maximum Gasteiger partial charge on any atom is 0.255 e. The van der Waals surface area contributed by atoms with Crippen LogP contribution in [-0.2, 0) is 0 Å². The van der Waals surface area contributed by atoms with Gasteiger partial charge >= 0.3 is 0 Å². The van der Waals surface area contributed by atoms with Gasteiger partial charge in [0.25, 0.3) is 5.91 Å².